The summed E-state index contributed by atoms with van der Waals surface area (Å²) in [5, 5.41) is 44.0. The van der Waals surface area contributed by atoms with E-state index >= 15 is 0 Å². The second kappa shape index (κ2) is 7.31. The number of furan rings is 1. The SMILES string of the molecule is NC(=O)C1=C(O)C2(O)C(=O)C3=C(O)c4c(ccc(-c5occc5C(N)=O)c4O)CC3CC2CC1=O. The number of rotatable bonds is 3. The monoisotopic (exact) mass is 480 g/mol. The van der Waals surface area contributed by atoms with E-state index in [9.17, 15) is 39.6 Å². The van der Waals surface area contributed by atoms with Crippen molar-refractivity contribution in [3.63, 3.8) is 0 Å². The molecule has 2 amide bonds. The molecule has 8 N–H and O–H groups in total. The van der Waals surface area contributed by atoms with Gasteiger partial charge in [0.05, 0.1) is 23.0 Å². The van der Waals surface area contributed by atoms with Crippen LogP contribution in [0.15, 0.2) is 45.8 Å². The van der Waals surface area contributed by atoms with Gasteiger partial charge < -0.3 is 36.3 Å². The standard InChI is InChI=1S/C24H20N2O9/c25-22(32)12-3-4-35-19(12)11-2-1-8-5-9-6-10-7-13(27)16(23(26)33)21(31)24(10,34)20(30)15(9)18(29)14(8)17(11)28/h1-4,9-10,28-29,31,34H,5-7H2,(H2,25,32)(H2,26,33). The molecule has 0 aliphatic heterocycles. The Balaban J connectivity index is 1.69. The maximum atomic E-state index is 13.5. The van der Waals surface area contributed by atoms with Gasteiger partial charge in [-0.3, -0.25) is 19.2 Å². The van der Waals surface area contributed by atoms with Crippen LogP contribution in [0, 0.1) is 11.8 Å². The quantitative estimate of drug-likeness (QED) is 0.342. The van der Waals surface area contributed by atoms with Crippen LogP contribution in [0.4, 0.5) is 0 Å². The first-order valence-corrected chi connectivity index (χ1v) is 10.7. The van der Waals surface area contributed by atoms with Crippen molar-refractivity contribution in [2.45, 2.75) is 24.9 Å². The highest BCUT2D eigenvalue weighted by atomic mass is 16.3. The number of phenols is 1. The fourth-order valence-corrected chi connectivity index (χ4v) is 5.49. The minimum Gasteiger partial charge on any atom is -0.508 e. The topological polar surface area (TPSA) is 214 Å². The van der Waals surface area contributed by atoms with Gasteiger partial charge in [-0.1, -0.05) is 6.07 Å². The lowest BCUT2D eigenvalue weighted by Gasteiger charge is -2.46. The van der Waals surface area contributed by atoms with Gasteiger partial charge >= 0.3 is 0 Å². The van der Waals surface area contributed by atoms with Crippen LogP contribution in [-0.4, -0.2) is 49.4 Å². The van der Waals surface area contributed by atoms with E-state index in [1.165, 1.54) is 18.4 Å². The molecular formula is C24H20N2O9. The molecule has 0 radical (unpaired) electrons. The number of nitrogens with two attached hydrogens (primary N) is 2. The zero-order valence-corrected chi connectivity index (χ0v) is 18.1. The van der Waals surface area contributed by atoms with Crippen LogP contribution >= 0.6 is 0 Å². The molecule has 11 nitrogen and oxygen atoms in total. The highest BCUT2D eigenvalue weighted by molar-refractivity contribution is 6.22. The zero-order chi connectivity index (χ0) is 25.4. The molecule has 1 heterocycles. The van der Waals surface area contributed by atoms with Crippen molar-refractivity contribution in [2.75, 3.05) is 0 Å². The third-order valence-corrected chi connectivity index (χ3v) is 7.11. The Hall–Kier alpha value is -4.38. The van der Waals surface area contributed by atoms with Gasteiger partial charge in [0.25, 0.3) is 11.8 Å². The van der Waals surface area contributed by atoms with Gasteiger partial charge in [-0.15, -0.1) is 0 Å². The lowest BCUT2D eigenvalue weighted by Crippen LogP contribution is -2.58. The van der Waals surface area contributed by atoms with Crippen LogP contribution in [0.1, 0.15) is 34.3 Å². The van der Waals surface area contributed by atoms with Gasteiger partial charge in [0.15, 0.2) is 11.4 Å². The first-order chi connectivity index (χ1) is 16.5. The van der Waals surface area contributed by atoms with Crippen LogP contribution in [-0.2, 0) is 20.8 Å². The van der Waals surface area contributed by atoms with E-state index in [0.717, 1.165) is 0 Å². The molecule has 3 aliphatic carbocycles. The summed E-state index contributed by atoms with van der Waals surface area (Å²) < 4.78 is 5.31. The second-order valence-corrected chi connectivity index (χ2v) is 8.93. The number of benzene rings is 1. The Kier molecular flexibility index (Phi) is 4.68. The summed E-state index contributed by atoms with van der Waals surface area (Å²) in [6.45, 7) is 0. The highest BCUT2D eigenvalue weighted by Crippen LogP contribution is 2.52. The molecule has 3 atom stereocenters. The first kappa shape index (κ1) is 22.4. The van der Waals surface area contributed by atoms with Crippen LogP contribution < -0.4 is 11.5 Å². The number of carbonyl (C=O) groups is 4. The molecule has 0 spiro atoms. The number of aliphatic hydroxyl groups is 3. The Morgan fingerprint density at radius 1 is 1.03 bits per heavy atom. The van der Waals surface area contributed by atoms with Crippen LogP contribution in [0.3, 0.4) is 0 Å². The lowest BCUT2D eigenvalue weighted by atomic mass is 9.59. The molecule has 11 heteroatoms. The predicted octanol–water partition coefficient (Wildman–Crippen LogP) is 0.783. The van der Waals surface area contributed by atoms with Crippen molar-refractivity contribution in [3.8, 4) is 17.1 Å². The maximum absolute atomic E-state index is 13.5. The van der Waals surface area contributed by atoms with E-state index in [0.29, 0.717) is 5.56 Å². The Labute approximate surface area is 196 Å². The van der Waals surface area contributed by atoms with E-state index < -0.39 is 63.7 Å². The summed E-state index contributed by atoms with van der Waals surface area (Å²) in [5.74, 6) is -7.93. The van der Waals surface area contributed by atoms with Crippen LogP contribution in [0.5, 0.6) is 5.75 Å². The molecule has 1 saturated carbocycles. The summed E-state index contributed by atoms with van der Waals surface area (Å²) in [7, 11) is 0. The number of hydrogen-bond acceptors (Lipinski definition) is 9. The molecular weight excluding hydrogens is 460 g/mol. The maximum Gasteiger partial charge on any atom is 0.255 e. The Bertz CT molecular complexity index is 1430. The molecule has 1 aromatic carbocycles. The van der Waals surface area contributed by atoms with Crippen LogP contribution in [0.2, 0.25) is 0 Å². The molecule has 1 fully saturated rings. The molecule has 3 unspecified atom stereocenters. The second-order valence-electron chi connectivity index (χ2n) is 8.93. The number of aliphatic hydroxyl groups excluding tert-OH is 2. The minimum atomic E-state index is -2.64. The van der Waals surface area contributed by atoms with Gasteiger partial charge in [0, 0.05) is 17.9 Å². The van der Waals surface area contributed by atoms with Crippen molar-refractivity contribution in [3.05, 3.63) is 58.1 Å². The average molecular weight is 480 g/mol. The average Bonchev–Trinajstić information content (AvgIpc) is 3.26. The Morgan fingerprint density at radius 2 is 1.74 bits per heavy atom. The normalized spacial score (nSPS) is 25.7. The van der Waals surface area contributed by atoms with E-state index in [1.54, 1.807) is 6.07 Å². The number of primary amides is 2. The fraction of sp³-hybridized carbons (Fsp3) is 0.250. The van der Waals surface area contributed by atoms with Crippen LogP contribution in [0.25, 0.3) is 17.1 Å². The summed E-state index contributed by atoms with van der Waals surface area (Å²) >= 11 is 0. The van der Waals surface area contributed by atoms with Crippen molar-refractivity contribution < 1.29 is 44.0 Å². The van der Waals surface area contributed by atoms with Gasteiger partial charge in [-0.25, -0.2) is 0 Å². The van der Waals surface area contributed by atoms with E-state index in [2.05, 4.69) is 0 Å². The summed E-state index contributed by atoms with van der Waals surface area (Å²) in [6.07, 6.45) is 1.03. The lowest BCUT2D eigenvalue weighted by molar-refractivity contribution is -0.147. The first-order valence-electron chi connectivity index (χ1n) is 10.7. The van der Waals surface area contributed by atoms with Gasteiger partial charge in [0.2, 0.25) is 5.78 Å². The number of phenolic OH excluding ortho intramolecular Hbond substituents is 1. The third kappa shape index (κ3) is 2.88. The number of fused-ring (bicyclic) bond motifs is 3. The molecule has 35 heavy (non-hydrogen) atoms. The summed E-state index contributed by atoms with van der Waals surface area (Å²) in [4.78, 5) is 49.3. The number of carbonyl (C=O) groups excluding carboxylic acids is 4. The largest absolute Gasteiger partial charge is 0.508 e. The molecule has 1 aromatic heterocycles. The third-order valence-electron chi connectivity index (χ3n) is 7.11. The number of aromatic hydroxyl groups is 1. The van der Waals surface area contributed by atoms with Crippen molar-refractivity contribution in [2.24, 2.45) is 23.3 Å². The predicted molar refractivity (Wildman–Crippen MR) is 118 cm³/mol. The highest BCUT2D eigenvalue weighted by Gasteiger charge is 2.60. The van der Waals surface area contributed by atoms with E-state index in [1.807, 2.05) is 0 Å². The molecule has 3 aliphatic rings. The fourth-order valence-electron chi connectivity index (χ4n) is 5.49. The van der Waals surface area contributed by atoms with E-state index in [4.69, 9.17) is 15.9 Å². The summed E-state index contributed by atoms with van der Waals surface area (Å²) in [6, 6.07) is 4.39. The zero-order valence-electron chi connectivity index (χ0n) is 18.1. The Morgan fingerprint density at radius 3 is 2.40 bits per heavy atom. The number of Topliss-reactive ketones (excluding diaryl/α,β-unsaturated/α-hetero) is 2. The molecule has 180 valence electrons. The van der Waals surface area contributed by atoms with Crippen molar-refractivity contribution >= 4 is 29.1 Å². The molecule has 2 aromatic rings. The number of hydrogen-bond donors (Lipinski definition) is 6. The van der Waals surface area contributed by atoms with Crippen molar-refractivity contribution in [1.82, 2.24) is 0 Å². The molecule has 0 saturated heterocycles. The smallest absolute Gasteiger partial charge is 0.255 e. The van der Waals surface area contributed by atoms with Gasteiger partial charge in [-0.05, 0) is 36.5 Å². The molecule has 0 bridgehead atoms. The van der Waals surface area contributed by atoms with E-state index in [-0.39, 0.29) is 47.3 Å². The van der Waals surface area contributed by atoms with Gasteiger partial charge in [-0.2, -0.15) is 0 Å². The van der Waals surface area contributed by atoms with Crippen molar-refractivity contribution in [1.29, 1.82) is 0 Å². The van der Waals surface area contributed by atoms with Gasteiger partial charge in [0.1, 0.15) is 28.6 Å². The minimum absolute atomic E-state index is 0.00659. The molecule has 5 rings (SSSR count). The summed E-state index contributed by atoms with van der Waals surface area (Å²) in [5.41, 5.74) is 7.17. The number of amides is 2. The number of ketones is 2.